The maximum atomic E-state index is 14.5. The molecule has 0 aromatic heterocycles. The number of amides is 12. The molecule has 0 spiro atoms. The number of aromatic hydroxyl groups is 1. The number of nitrogens with two attached hydrogens (primary N) is 7. The number of nitrogens with zero attached hydrogens (tertiary/aromatic N) is 2. The van der Waals surface area contributed by atoms with Crippen molar-refractivity contribution in [2.24, 2.45) is 68.8 Å². The first-order valence-corrected chi connectivity index (χ1v) is 34.5. The highest BCUT2D eigenvalue weighted by atomic mass is 32.1. The summed E-state index contributed by atoms with van der Waals surface area (Å²) < 4.78 is 0. The van der Waals surface area contributed by atoms with Gasteiger partial charge in [-0.3, -0.25) is 67.3 Å². The van der Waals surface area contributed by atoms with Gasteiger partial charge in [0.2, 0.25) is 70.9 Å². The van der Waals surface area contributed by atoms with Crippen molar-refractivity contribution in [2.75, 3.05) is 32.7 Å². The van der Waals surface area contributed by atoms with Gasteiger partial charge in [0.1, 0.15) is 66.2 Å². The van der Waals surface area contributed by atoms with Crippen molar-refractivity contribution in [1.82, 2.24) is 58.1 Å². The number of likely N-dealkylation sites (tertiary alicyclic amines) is 1. The number of phenols is 1. The van der Waals surface area contributed by atoms with Gasteiger partial charge in [0.15, 0.2) is 5.96 Å². The van der Waals surface area contributed by atoms with Crippen molar-refractivity contribution in [3.8, 4) is 5.75 Å². The van der Waals surface area contributed by atoms with E-state index in [2.05, 4.69) is 58.2 Å². The number of hydrogen-bond donors (Lipinski definition) is 19. The summed E-state index contributed by atoms with van der Waals surface area (Å²) in [6, 6.07) is -7.94. The largest absolute Gasteiger partial charge is 0.508 e. The van der Waals surface area contributed by atoms with Crippen molar-refractivity contribution in [1.29, 1.82) is 0 Å². The number of rotatable bonds is 47. The first kappa shape index (κ1) is 87.3. The number of thiocarbonyl (C=S) groups is 1. The monoisotopic (exact) mass is 1430 g/mol. The zero-order valence-corrected chi connectivity index (χ0v) is 59.7. The molecule has 0 aliphatic carbocycles. The van der Waals surface area contributed by atoms with E-state index in [1.54, 1.807) is 55.4 Å². The molecule has 0 unspecified atom stereocenters. The standard InChI is InChI=1S/C65H111N19O15S/c1-9-37(8)53(63(98)80-45(31-34(2)3)59(94)76-41(54(70)89)23-25-48(69)86)83-57(92)43(16-10-11-27-66)77-56(91)42(17-12-28-67)75-49(100)33-74-61(96)47-18-14-30-84(47)64(99)52(36(6)7)82-58(93)44(24-26-50(87)88)78-62(97)51(35(4)5)81-60(95)46(32-38-19-21-39(85)22-20-38)79-55(90)40(68)15-13-29-73-65(71)72/h19-22,34-37,40-47,51-53,85H,9-18,23-33,66-68H2,1-8H3,(H2,69,86)(H2,70,89)(H,74,96)(H,75,100)(H,76,94)(H,77,91)(H,78,97)(H,79,90)(H,80,98)(H,81,95)(H,82,93)(H,83,92)(H,87,88)(H4,71,72,73)/t37-,40-,41-,42-,43-,44-,45-,46-,47+,51-,52-,53-/m0/s1. The number of unbranched alkanes of at least 4 members (excludes halogenated alkanes) is 1. The van der Waals surface area contributed by atoms with Crippen LogP contribution in [0.3, 0.4) is 0 Å². The lowest BCUT2D eigenvalue weighted by molar-refractivity contribution is -0.143. The van der Waals surface area contributed by atoms with E-state index >= 15 is 0 Å². The zero-order valence-electron chi connectivity index (χ0n) is 58.9. The highest BCUT2D eigenvalue weighted by Gasteiger charge is 2.41. The van der Waals surface area contributed by atoms with Gasteiger partial charge in [0, 0.05) is 32.4 Å². The van der Waals surface area contributed by atoms with Crippen LogP contribution in [0.2, 0.25) is 0 Å². The topological polar surface area (TPSA) is 580 Å². The molecule has 26 N–H and O–H groups in total. The van der Waals surface area contributed by atoms with Crippen LogP contribution in [0.25, 0.3) is 0 Å². The van der Waals surface area contributed by atoms with Gasteiger partial charge in [-0.15, -0.1) is 0 Å². The Balaban J connectivity index is 2.32. The molecule has 34 nitrogen and oxygen atoms in total. The molecule has 0 radical (unpaired) electrons. The minimum Gasteiger partial charge on any atom is -0.508 e. The van der Waals surface area contributed by atoms with E-state index in [-0.39, 0.29) is 107 Å². The van der Waals surface area contributed by atoms with Crippen LogP contribution in [-0.2, 0) is 68.7 Å². The molecular weight excluding hydrogens is 1320 g/mol. The molecule has 1 aromatic carbocycles. The number of carboxylic acids is 1. The first-order chi connectivity index (χ1) is 47.0. The molecule has 12 atom stereocenters. The molecule has 12 amide bonds. The van der Waals surface area contributed by atoms with E-state index in [0.29, 0.717) is 44.1 Å². The van der Waals surface area contributed by atoms with Crippen molar-refractivity contribution in [2.45, 2.75) is 225 Å². The van der Waals surface area contributed by atoms with Crippen LogP contribution in [0.4, 0.5) is 0 Å². The maximum Gasteiger partial charge on any atom is 0.303 e. The van der Waals surface area contributed by atoms with Crippen molar-refractivity contribution < 1.29 is 72.5 Å². The number of aliphatic carboxylic acids is 1. The number of primary amides is 2. The number of aliphatic imine (C=N–C) groups is 1. The lowest BCUT2D eigenvalue weighted by atomic mass is 9.96. The normalized spacial score (nSPS) is 16.1. The van der Waals surface area contributed by atoms with Gasteiger partial charge in [-0.1, -0.05) is 86.2 Å². The van der Waals surface area contributed by atoms with Crippen molar-refractivity contribution in [3.63, 3.8) is 0 Å². The minimum absolute atomic E-state index is 0.0102. The highest BCUT2D eigenvalue weighted by molar-refractivity contribution is 7.80. The van der Waals surface area contributed by atoms with Crippen LogP contribution in [0.1, 0.15) is 157 Å². The predicted molar refractivity (Wildman–Crippen MR) is 377 cm³/mol. The van der Waals surface area contributed by atoms with Gasteiger partial charge in [-0.2, -0.15) is 0 Å². The van der Waals surface area contributed by atoms with Gasteiger partial charge < -0.3 is 108 Å². The number of carbonyl (C=O) groups excluding carboxylic acids is 12. The van der Waals surface area contributed by atoms with Crippen LogP contribution >= 0.6 is 12.2 Å². The molecule has 2 rings (SSSR count). The summed E-state index contributed by atoms with van der Waals surface area (Å²) in [4.78, 5) is 182. The van der Waals surface area contributed by atoms with Gasteiger partial charge in [0.25, 0.3) is 0 Å². The Morgan fingerprint density at radius 2 is 1.08 bits per heavy atom. The van der Waals surface area contributed by atoms with Crippen molar-refractivity contribution >= 4 is 100 Å². The SMILES string of the molecule is CC[C@H](C)[C@H](NC(=O)[C@H](CCCCN)NC(=O)[C@H](CCCN)NC(=S)CNC(=O)[C@H]1CCCN1C(=O)[C@@H](NC(=O)[C@H](CCC(=O)O)NC(=O)[C@@H](NC(=O)[C@H](Cc1ccc(O)cc1)NC(=O)[C@@H](N)CCCN=C(N)N)C(C)C)C(C)C)C(=O)N[C@@H](CC(C)C)C(=O)N[C@@H](CCC(N)=O)C(N)=O. The molecule has 1 saturated heterocycles. The van der Waals surface area contributed by atoms with Gasteiger partial charge in [0.05, 0.1) is 17.6 Å². The smallest absolute Gasteiger partial charge is 0.303 e. The third-order valence-electron chi connectivity index (χ3n) is 16.7. The van der Waals surface area contributed by atoms with E-state index in [1.807, 2.05) is 0 Å². The lowest BCUT2D eigenvalue weighted by Gasteiger charge is -2.32. The number of carbonyl (C=O) groups is 13. The molecule has 1 heterocycles. The number of guanidine groups is 1. The lowest BCUT2D eigenvalue weighted by Crippen LogP contribution is -2.61. The summed E-state index contributed by atoms with van der Waals surface area (Å²) in [5.74, 6) is -12.6. The summed E-state index contributed by atoms with van der Waals surface area (Å²) in [5, 5.41) is 46.6. The van der Waals surface area contributed by atoms with E-state index in [0.717, 1.165) is 0 Å². The average Bonchev–Trinajstić information content (AvgIpc) is 1.57. The number of phenolic OH excluding ortho intramolecular Hbond substituents is 1. The van der Waals surface area contributed by atoms with Crippen molar-refractivity contribution in [3.05, 3.63) is 29.8 Å². The zero-order chi connectivity index (χ0) is 75.5. The molecule has 0 saturated carbocycles. The fourth-order valence-electron chi connectivity index (χ4n) is 10.8. The van der Waals surface area contributed by atoms with E-state index < -0.39 is 174 Å². The molecule has 1 fully saturated rings. The summed E-state index contributed by atoms with van der Waals surface area (Å²) in [5.41, 5.74) is 39.9. The molecule has 35 heteroatoms. The number of hydrogen-bond acceptors (Lipinski definition) is 19. The Hall–Kier alpha value is -8.83. The van der Waals surface area contributed by atoms with Gasteiger partial charge in [-0.25, -0.2) is 0 Å². The number of benzene rings is 1. The van der Waals surface area contributed by atoms with Crippen LogP contribution in [0, 0.1) is 23.7 Å². The Kier molecular flexibility index (Phi) is 39.3. The summed E-state index contributed by atoms with van der Waals surface area (Å²) in [7, 11) is 0. The third-order valence-corrected chi connectivity index (χ3v) is 17.0. The van der Waals surface area contributed by atoms with E-state index in [9.17, 15) is 72.5 Å². The molecule has 1 aromatic rings. The van der Waals surface area contributed by atoms with Crippen LogP contribution in [0.5, 0.6) is 5.75 Å². The van der Waals surface area contributed by atoms with Crippen LogP contribution < -0.4 is 93.3 Å². The number of nitrogens with one attached hydrogen (secondary N) is 10. The molecule has 1 aliphatic heterocycles. The Labute approximate surface area is 590 Å². The average molecular weight is 1430 g/mol. The first-order valence-electron chi connectivity index (χ1n) is 34.1. The highest BCUT2D eigenvalue weighted by Crippen LogP contribution is 2.22. The second-order valence-electron chi connectivity index (χ2n) is 26.3. The Morgan fingerprint density at radius 1 is 0.580 bits per heavy atom. The Morgan fingerprint density at radius 3 is 1.64 bits per heavy atom. The fourth-order valence-corrected chi connectivity index (χ4v) is 11.0. The van der Waals surface area contributed by atoms with E-state index in [1.165, 1.54) is 29.2 Å². The quantitative estimate of drug-likeness (QED) is 0.0130. The predicted octanol–water partition coefficient (Wildman–Crippen LogP) is -3.53. The summed E-state index contributed by atoms with van der Waals surface area (Å²) >= 11 is 5.64. The minimum atomic E-state index is -1.58. The molecule has 562 valence electrons. The maximum absolute atomic E-state index is 14.5. The fraction of sp³-hybridized carbons (Fsp3) is 0.677. The summed E-state index contributed by atoms with van der Waals surface area (Å²) in [6.07, 6.45) is 1.31. The molecule has 1 aliphatic rings. The number of carboxylic acid groups (broad SMARTS) is 1. The van der Waals surface area contributed by atoms with Gasteiger partial charge >= 0.3 is 5.97 Å². The van der Waals surface area contributed by atoms with Gasteiger partial charge in [-0.05, 0) is 132 Å². The second kappa shape index (κ2) is 45.0. The second-order valence-corrected chi connectivity index (χ2v) is 26.8. The molecule has 100 heavy (non-hydrogen) atoms. The molecular formula is C65H111N19O15S. The summed E-state index contributed by atoms with van der Waals surface area (Å²) in [6.45, 7) is 14.0. The van der Waals surface area contributed by atoms with E-state index in [4.69, 9.17) is 52.4 Å². The third kappa shape index (κ3) is 31.6. The van der Waals surface area contributed by atoms with Crippen LogP contribution in [-0.4, -0.2) is 202 Å². The molecule has 0 bridgehead atoms. The Bertz CT molecular complexity index is 2950. The van der Waals surface area contributed by atoms with Crippen LogP contribution in [0.15, 0.2) is 29.3 Å².